The third-order valence-corrected chi connectivity index (χ3v) is 5.95. The van der Waals surface area contributed by atoms with Gasteiger partial charge in [-0.2, -0.15) is 13.2 Å². The van der Waals surface area contributed by atoms with E-state index in [1.807, 2.05) is 4.90 Å². The lowest BCUT2D eigenvalue weighted by atomic mass is 10.0. The molecule has 0 atom stereocenters. The number of benzene rings is 1. The van der Waals surface area contributed by atoms with Crippen molar-refractivity contribution in [3.63, 3.8) is 0 Å². The zero-order chi connectivity index (χ0) is 19.0. The number of carbonyl (C=O) groups is 1. The first-order chi connectivity index (χ1) is 12.9. The van der Waals surface area contributed by atoms with Gasteiger partial charge in [0.05, 0.1) is 5.56 Å². The van der Waals surface area contributed by atoms with Crippen LogP contribution in [-0.4, -0.2) is 43.0 Å². The van der Waals surface area contributed by atoms with Crippen LogP contribution >= 0.6 is 0 Å². The first kappa shape index (κ1) is 18.6. The molecule has 27 heavy (non-hydrogen) atoms. The molecule has 3 aliphatic rings. The van der Waals surface area contributed by atoms with E-state index >= 15 is 0 Å². The lowest BCUT2D eigenvalue weighted by Crippen LogP contribution is -2.43. The number of alkyl halides is 3. The van der Waals surface area contributed by atoms with Gasteiger partial charge in [-0.25, -0.2) is 0 Å². The zero-order valence-corrected chi connectivity index (χ0v) is 15.4. The molecule has 1 aromatic rings. The molecule has 1 aromatic carbocycles. The van der Waals surface area contributed by atoms with Crippen LogP contribution in [0.25, 0.3) is 0 Å². The SMILES string of the molecule is O=C(Nc1cc(N2CCC(N3CCCC3)CC2)cc(C(F)(F)F)c1)C1CC1. The van der Waals surface area contributed by atoms with E-state index in [0.29, 0.717) is 11.7 Å². The molecule has 1 N–H and O–H groups in total. The van der Waals surface area contributed by atoms with E-state index in [1.165, 1.54) is 18.9 Å². The maximum Gasteiger partial charge on any atom is 0.416 e. The van der Waals surface area contributed by atoms with Crippen LogP contribution in [0, 0.1) is 5.92 Å². The molecule has 148 valence electrons. The van der Waals surface area contributed by atoms with Crippen molar-refractivity contribution in [2.75, 3.05) is 36.4 Å². The number of likely N-dealkylation sites (tertiary alicyclic amines) is 1. The smallest absolute Gasteiger partial charge is 0.371 e. The highest BCUT2D eigenvalue weighted by Crippen LogP contribution is 2.37. The van der Waals surface area contributed by atoms with E-state index in [9.17, 15) is 18.0 Å². The molecule has 2 saturated heterocycles. The average Bonchev–Trinajstić information content (AvgIpc) is 3.36. The molecule has 1 amide bonds. The maximum atomic E-state index is 13.4. The third kappa shape index (κ3) is 4.39. The van der Waals surface area contributed by atoms with Crippen molar-refractivity contribution >= 4 is 17.3 Å². The Bertz CT molecular complexity index is 688. The van der Waals surface area contributed by atoms with Crippen molar-refractivity contribution < 1.29 is 18.0 Å². The van der Waals surface area contributed by atoms with Crippen molar-refractivity contribution in [2.24, 2.45) is 5.92 Å². The highest BCUT2D eigenvalue weighted by Gasteiger charge is 2.34. The van der Waals surface area contributed by atoms with Crippen LogP contribution in [0.3, 0.4) is 0 Å². The minimum Gasteiger partial charge on any atom is -0.371 e. The molecule has 0 radical (unpaired) electrons. The summed E-state index contributed by atoms with van der Waals surface area (Å²) in [5.41, 5.74) is 0.0990. The van der Waals surface area contributed by atoms with E-state index in [2.05, 4.69) is 10.2 Å². The van der Waals surface area contributed by atoms with Gasteiger partial charge in [0.2, 0.25) is 5.91 Å². The lowest BCUT2D eigenvalue weighted by molar-refractivity contribution is -0.137. The van der Waals surface area contributed by atoms with Crippen LogP contribution in [0.2, 0.25) is 0 Å². The highest BCUT2D eigenvalue weighted by molar-refractivity contribution is 5.94. The number of piperidine rings is 1. The van der Waals surface area contributed by atoms with Crippen LogP contribution in [0.1, 0.15) is 44.1 Å². The second-order valence-electron chi connectivity index (χ2n) is 7.99. The summed E-state index contributed by atoms with van der Waals surface area (Å²) in [6, 6.07) is 4.48. The number of halogens is 3. The second kappa shape index (κ2) is 7.34. The summed E-state index contributed by atoms with van der Waals surface area (Å²) in [5.74, 6) is -0.216. The second-order valence-corrected chi connectivity index (χ2v) is 7.99. The van der Waals surface area contributed by atoms with E-state index in [4.69, 9.17) is 0 Å². The molecule has 0 bridgehead atoms. The third-order valence-electron chi connectivity index (χ3n) is 5.95. The van der Waals surface area contributed by atoms with Gasteiger partial charge >= 0.3 is 6.18 Å². The minimum absolute atomic E-state index is 0.0424. The predicted octanol–water partition coefficient (Wildman–Crippen LogP) is 4.12. The molecule has 7 heteroatoms. The van der Waals surface area contributed by atoms with E-state index in [0.717, 1.165) is 57.9 Å². The van der Waals surface area contributed by atoms with Crippen molar-refractivity contribution in [1.82, 2.24) is 4.90 Å². The Morgan fingerprint density at radius 2 is 1.63 bits per heavy atom. The molecular weight excluding hydrogens is 355 g/mol. The molecule has 3 fully saturated rings. The fraction of sp³-hybridized carbons (Fsp3) is 0.650. The van der Waals surface area contributed by atoms with Crippen molar-refractivity contribution in [2.45, 2.75) is 50.7 Å². The monoisotopic (exact) mass is 381 g/mol. The van der Waals surface area contributed by atoms with Gasteiger partial charge in [-0.1, -0.05) is 0 Å². The van der Waals surface area contributed by atoms with Gasteiger partial charge in [0, 0.05) is 36.4 Å². The van der Waals surface area contributed by atoms with Gasteiger partial charge < -0.3 is 15.1 Å². The summed E-state index contributed by atoms with van der Waals surface area (Å²) in [7, 11) is 0. The van der Waals surface area contributed by atoms with E-state index in [1.54, 1.807) is 6.07 Å². The summed E-state index contributed by atoms with van der Waals surface area (Å²) >= 11 is 0. The standard InChI is InChI=1S/C20H26F3N3O/c21-20(22,23)15-11-16(24-19(27)14-3-4-14)13-18(12-15)26-9-5-17(6-10-26)25-7-1-2-8-25/h11-14,17H,1-10H2,(H,24,27). The van der Waals surface area contributed by atoms with Gasteiger partial charge in [-0.3, -0.25) is 4.79 Å². The Balaban J connectivity index is 1.49. The van der Waals surface area contributed by atoms with E-state index in [-0.39, 0.29) is 17.5 Å². The minimum atomic E-state index is -4.43. The van der Waals surface area contributed by atoms with E-state index < -0.39 is 11.7 Å². The number of rotatable bonds is 4. The largest absolute Gasteiger partial charge is 0.416 e. The molecule has 1 saturated carbocycles. The zero-order valence-electron chi connectivity index (χ0n) is 15.4. The van der Waals surface area contributed by atoms with Gasteiger partial charge in [0.15, 0.2) is 0 Å². The van der Waals surface area contributed by atoms with Crippen molar-refractivity contribution in [3.8, 4) is 0 Å². The summed E-state index contributed by atoms with van der Waals surface area (Å²) in [4.78, 5) is 16.5. The first-order valence-corrected chi connectivity index (χ1v) is 9.92. The summed E-state index contributed by atoms with van der Waals surface area (Å²) < 4.78 is 40.1. The van der Waals surface area contributed by atoms with Gasteiger partial charge in [-0.15, -0.1) is 0 Å². The molecule has 0 unspecified atom stereocenters. The number of hydrogen-bond donors (Lipinski definition) is 1. The van der Waals surface area contributed by atoms with Gasteiger partial charge in [-0.05, 0) is 69.8 Å². The highest BCUT2D eigenvalue weighted by atomic mass is 19.4. The van der Waals surface area contributed by atoms with Crippen LogP contribution < -0.4 is 10.2 Å². The number of nitrogens with one attached hydrogen (secondary N) is 1. The van der Waals surface area contributed by atoms with Gasteiger partial charge in [0.25, 0.3) is 0 Å². The molecule has 1 aliphatic carbocycles. The Kier molecular flexibility index (Phi) is 5.05. The molecule has 4 nitrogen and oxygen atoms in total. The quantitative estimate of drug-likeness (QED) is 0.852. The normalized spacial score (nSPS) is 22.3. The molecule has 4 rings (SSSR count). The van der Waals surface area contributed by atoms with Crippen LogP contribution in [0.4, 0.5) is 24.5 Å². The first-order valence-electron chi connectivity index (χ1n) is 9.92. The number of hydrogen-bond acceptors (Lipinski definition) is 3. The fourth-order valence-electron chi connectivity index (χ4n) is 4.22. The number of anilines is 2. The topological polar surface area (TPSA) is 35.6 Å². The van der Waals surface area contributed by atoms with Crippen LogP contribution in [0.5, 0.6) is 0 Å². The Morgan fingerprint density at radius 1 is 0.963 bits per heavy atom. The lowest BCUT2D eigenvalue weighted by Gasteiger charge is -2.38. The predicted molar refractivity (Wildman–Crippen MR) is 98.8 cm³/mol. The Labute approximate surface area is 157 Å². The van der Waals surface area contributed by atoms with Crippen LogP contribution in [0.15, 0.2) is 18.2 Å². The fourth-order valence-corrected chi connectivity index (χ4v) is 4.22. The number of nitrogens with zero attached hydrogens (tertiary/aromatic N) is 2. The number of amides is 1. The summed E-state index contributed by atoms with van der Waals surface area (Å²) in [5, 5.41) is 2.68. The maximum absolute atomic E-state index is 13.4. The van der Waals surface area contributed by atoms with Crippen molar-refractivity contribution in [3.05, 3.63) is 23.8 Å². The average molecular weight is 381 g/mol. The summed E-state index contributed by atoms with van der Waals surface area (Å²) in [6.45, 7) is 3.79. The molecule has 2 aliphatic heterocycles. The van der Waals surface area contributed by atoms with Crippen LogP contribution in [-0.2, 0) is 11.0 Å². The summed E-state index contributed by atoms with van der Waals surface area (Å²) in [6.07, 6.45) is 1.65. The number of carbonyl (C=O) groups excluding carboxylic acids is 1. The van der Waals surface area contributed by atoms with Crippen molar-refractivity contribution in [1.29, 1.82) is 0 Å². The molecule has 2 heterocycles. The Morgan fingerprint density at radius 3 is 2.22 bits per heavy atom. The molecule has 0 aromatic heterocycles. The molecular formula is C20H26F3N3O. The van der Waals surface area contributed by atoms with Gasteiger partial charge in [0.1, 0.15) is 0 Å². The Hall–Kier alpha value is -1.76. The molecule has 0 spiro atoms.